The molecule has 0 unspecified atom stereocenters. The van der Waals surface area contributed by atoms with Gasteiger partial charge in [0.1, 0.15) is 0 Å². The van der Waals surface area contributed by atoms with Crippen LogP contribution in [0, 0.1) is 0 Å². The van der Waals surface area contributed by atoms with Crippen LogP contribution in [0.15, 0.2) is 0 Å². The lowest BCUT2D eigenvalue weighted by Gasteiger charge is -2.11. The van der Waals surface area contributed by atoms with Crippen molar-refractivity contribution < 1.29 is 9.59 Å². The number of nitrogens with two attached hydrogens (primary N) is 1. The van der Waals surface area contributed by atoms with E-state index < -0.39 is 5.25 Å². The van der Waals surface area contributed by atoms with Crippen molar-refractivity contribution >= 4 is 24.4 Å². The number of thiol groups is 1. The van der Waals surface area contributed by atoms with Gasteiger partial charge in [-0.3, -0.25) is 14.5 Å². The molecule has 0 bridgehead atoms. The van der Waals surface area contributed by atoms with Crippen LogP contribution in [0.5, 0.6) is 0 Å². The summed E-state index contributed by atoms with van der Waals surface area (Å²) < 4.78 is 0. The number of hydrogen-bond donors (Lipinski definition) is 2. The summed E-state index contributed by atoms with van der Waals surface area (Å²) in [4.78, 5) is 23.2. The molecule has 0 aliphatic carbocycles. The minimum absolute atomic E-state index is 0.166. The molecule has 0 saturated carbocycles. The van der Waals surface area contributed by atoms with E-state index in [9.17, 15) is 9.59 Å². The lowest BCUT2D eigenvalue weighted by molar-refractivity contribution is -0.138. The molecule has 0 aromatic rings. The number of amides is 2. The number of rotatable bonds is 2. The highest BCUT2D eigenvalue weighted by molar-refractivity contribution is 7.81. The summed E-state index contributed by atoms with van der Waals surface area (Å²) in [5.74, 6) is -0.385. The van der Waals surface area contributed by atoms with E-state index in [1.54, 1.807) is 0 Å². The van der Waals surface area contributed by atoms with Crippen LogP contribution < -0.4 is 5.73 Å². The van der Waals surface area contributed by atoms with E-state index in [0.717, 1.165) is 4.90 Å². The topological polar surface area (TPSA) is 63.4 Å². The predicted octanol–water partition coefficient (Wildman–Crippen LogP) is -0.998. The highest BCUT2D eigenvalue weighted by atomic mass is 32.1. The summed E-state index contributed by atoms with van der Waals surface area (Å²) in [5, 5.41) is -0.450. The molecule has 1 fully saturated rings. The maximum atomic E-state index is 11.1. The Morgan fingerprint density at radius 3 is 2.64 bits per heavy atom. The molecule has 1 atom stereocenters. The number of carbonyl (C=O) groups excluding carboxylic acids is 2. The molecule has 2 N–H and O–H groups in total. The van der Waals surface area contributed by atoms with Gasteiger partial charge >= 0.3 is 0 Å². The van der Waals surface area contributed by atoms with Gasteiger partial charge in [-0.15, -0.1) is 0 Å². The van der Waals surface area contributed by atoms with Crippen molar-refractivity contribution in [2.75, 3.05) is 13.1 Å². The number of hydrogen-bond acceptors (Lipinski definition) is 4. The summed E-state index contributed by atoms with van der Waals surface area (Å²) in [7, 11) is 0. The van der Waals surface area contributed by atoms with Gasteiger partial charge in [0.2, 0.25) is 11.8 Å². The molecular formula is C6H10N2O2S. The van der Waals surface area contributed by atoms with Gasteiger partial charge in [0.15, 0.2) is 0 Å². The normalized spacial score (nSPS) is 24.9. The molecule has 0 aromatic carbocycles. The fourth-order valence-electron chi connectivity index (χ4n) is 1.03. The van der Waals surface area contributed by atoms with Crippen molar-refractivity contribution in [1.29, 1.82) is 0 Å². The molecular weight excluding hydrogens is 164 g/mol. The first-order chi connectivity index (χ1) is 5.16. The maximum Gasteiger partial charge on any atom is 0.242 e. The Balaban J connectivity index is 2.64. The van der Waals surface area contributed by atoms with Gasteiger partial charge in [-0.05, 0) is 0 Å². The summed E-state index contributed by atoms with van der Waals surface area (Å²) in [5.41, 5.74) is 5.21. The van der Waals surface area contributed by atoms with Crippen LogP contribution in [-0.2, 0) is 9.59 Å². The number of carbonyl (C=O) groups is 2. The highest BCUT2D eigenvalue weighted by Gasteiger charge is 2.35. The zero-order chi connectivity index (χ0) is 8.43. The average Bonchev–Trinajstić information content (AvgIpc) is 2.17. The lowest BCUT2D eigenvalue weighted by atomic mass is 10.4. The van der Waals surface area contributed by atoms with Crippen LogP contribution in [0.4, 0.5) is 0 Å². The second kappa shape index (κ2) is 3.23. The number of imide groups is 1. The Morgan fingerprint density at radius 1 is 1.64 bits per heavy atom. The standard InChI is InChI=1S/C6H10N2O2S/c7-1-2-8-5(9)3-4(11)6(8)10/h4,11H,1-3,7H2/t4-/m0/s1. The summed E-state index contributed by atoms with van der Waals surface area (Å²) >= 11 is 3.95. The van der Waals surface area contributed by atoms with Crippen molar-refractivity contribution in [1.82, 2.24) is 4.90 Å². The molecule has 0 aromatic heterocycles. The Labute approximate surface area is 70.1 Å². The van der Waals surface area contributed by atoms with E-state index in [1.807, 2.05) is 0 Å². The first kappa shape index (κ1) is 8.55. The summed E-state index contributed by atoms with van der Waals surface area (Å²) in [6, 6.07) is 0. The van der Waals surface area contributed by atoms with E-state index in [4.69, 9.17) is 5.73 Å². The minimum atomic E-state index is -0.450. The van der Waals surface area contributed by atoms with E-state index >= 15 is 0 Å². The fourth-order valence-corrected chi connectivity index (χ4v) is 1.33. The van der Waals surface area contributed by atoms with Gasteiger partial charge in [0.05, 0.1) is 5.25 Å². The molecule has 4 nitrogen and oxygen atoms in total. The number of likely N-dealkylation sites (tertiary alicyclic amines) is 1. The van der Waals surface area contributed by atoms with E-state index in [0.29, 0.717) is 13.1 Å². The molecule has 1 aliphatic heterocycles. The van der Waals surface area contributed by atoms with Crippen molar-refractivity contribution in [3.05, 3.63) is 0 Å². The maximum absolute atomic E-state index is 11.1. The van der Waals surface area contributed by atoms with E-state index in [2.05, 4.69) is 12.6 Å². The van der Waals surface area contributed by atoms with Gasteiger partial charge < -0.3 is 5.73 Å². The monoisotopic (exact) mass is 174 g/mol. The van der Waals surface area contributed by atoms with E-state index in [1.165, 1.54) is 0 Å². The zero-order valence-corrected chi connectivity index (χ0v) is 6.88. The molecule has 5 heteroatoms. The first-order valence-corrected chi connectivity index (χ1v) is 3.91. The van der Waals surface area contributed by atoms with Gasteiger partial charge in [0.25, 0.3) is 0 Å². The third-order valence-corrected chi connectivity index (χ3v) is 1.98. The second-order valence-electron chi connectivity index (χ2n) is 2.39. The van der Waals surface area contributed by atoms with Crippen LogP contribution in [0.25, 0.3) is 0 Å². The van der Waals surface area contributed by atoms with Gasteiger partial charge in [-0.25, -0.2) is 0 Å². The van der Waals surface area contributed by atoms with Crippen LogP contribution in [0.2, 0.25) is 0 Å². The van der Waals surface area contributed by atoms with Gasteiger partial charge in [-0.1, -0.05) is 0 Å². The highest BCUT2D eigenvalue weighted by Crippen LogP contribution is 2.16. The summed E-state index contributed by atoms with van der Waals surface area (Å²) in [6.07, 6.45) is 0.210. The van der Waals surface area contributed by atoms with Crippen LogP contribution in [0.3, 0.4) is 0 Å². The first-order valence-electron chi connectivity index (χ1n) is 3.39. The van der Waals surface area contributed by atoms with Crippen molar-refractivity contribution in [2.24, 2.45) is 5.73 Å². The lowest BCUT2D eigenvalue weighted by Crippen LogP contribution is -2.35. The Kier molecular flexibility index (Phi) is 2.51. The van der Waals surface area contributed by atoms with Crippen molar-refractivity contribution in [2.45, 2.75) is 11.7 Å². The average molecular weight is 174 g/mol. The van der Waals surface area contributed by atoms with Crippen molar-refractivity contribution in [3.8, 4) is 0 Å². The SMILES string of the molecule is NCCN1C(=O)C[C@H](S)C1=O. The minimum Gasteiger partial charge on any atom is -0.329 e. The molecule has 1 saturated heterocycles. The quantitative estimate of drug-likeness (QED) is 0.417. The van der Waals surface area contributed by atoms with Crippen LogP contribution in [-0.4, -0.2) is 35.1 Å². The van der Waals surface area contributed by atoms with E-state index in [-0.39, 0.29) is 18.2 Å². The molecule has 11 heavy (non-hydrogen) atoms. The molecule has 1 aliphatic rings. The second-order valence-corrected chi connectivity index (χ2v) is 3.02. The molecule has 0 spiro atoms. The smallest absolute Gasteiger partial charge is 0.242 e. The third kappa shape index (κ3) is 1.54. The Hall–Kier alpha value is -0.550. The molecule has 62 valence electrons. The van der Waals surface area contributed by atoms with Gasteiger partial charge in [0, 0.05) is 19.5 Å². The van der Waals surface area contributed by atoms with Crippen molar-refractivity contribution in [3.63, 3.8) is 0 Å². The molecule has 0 radical (unpaired) electrons. The molecule has 1 heterocycles. The third-order valence-electron chi connectivity index (χ3n) is 1.57. The molecule has 1 rings (SSSR count). The molecule has 2 amide bonds. The largest absolute Gasteiger partial charge is 0.329 e. The zero-order valence-electron chi connectivity index (χ0n) is 5.99. The predicted molar refractivity (Wildman–Crippen MR) is 43.2 cm³/mol. The van der Waals surface area contributed by atoms with Crippen LogP contribution in [0.1, 0.15) is 6.42 Å². The van der Waals surface area contributed by atoms with Gasteiger partial charge in [-0.2, -0.15) is 12.6 Å². The number of nitrogens with zero attached hydrogens (tertiary/aromatic N) is 1. The summed E-state index contributed by atoms with van der Waals surface area (Å²) in [6.45, 7) is 0.632. The Morgan fingerprint density at radius 2 is 2.27 bits per heavy atom. The van der Waals surface area contributed by atoms with Crippen LogP contribution >= 0.6 is 12.6 Å². The fraction of sp³-hybridized carbons (Fsp3) is 0.667. The Bertz CT molecular complexity index is 195.